The van der Waals surface area contributed by atoms with Crippen LogP contribution < -0.4 is 5.32 Å². The molecule has 4 nitrogen and oxygen atoms in total. The first kappa shape index (κ1) is 8.83. The van der Waals surface area contributed by atoms with Gasteiger partial charge in [-0.3, -0.25) is 10.1 Å². The molecule has 11 heavy (non-hydrogen) atoms. The predicted octanol–water partition coefficient (Wildman–Crippen LogP) is -0.516. The zero-order valence-corrected chi connectivity index (χ0v) is 6.80. The van der Waals surface area contributed by atoms with Crippen molar-refractivity contribution in [2.75, 3.05) is 12.4 Å². The smallest absolute Gasteiger partial charge is 0.320 e. The number of aliphatic hydroxyl groups excluding tert-OH is 1. The normalized spacial score (nSPS) is 31.7. The van der Waals surface area contributed by atoms with E-state index in [0.717, 1.165) is 5.75 Å². The largest absolute Gasteiger partial charge is 0.480 e. The van der Waals surface area contributed by atoms with Crippen LogP contribution in [0.3, 0.4) is 0 Å². The van der Waals surface area contributed by atoms with Crippen LogP contribution in [-0.2, 0) is 4.79 Å². The van der Waals surface area contributed by atoms with Gasteiger partial charge in [0.15, 0.2) is 0 Å². The van der Waals surface area contributed by atoms with Crippen LogP contribution in [0.25, 0.3) is 0 Å². The van der Waals surface area contributed by atoms with Crippen molar-refractivity contribution < 1.29 is 15.0 Å². The molecule has 2 unspecified atom stereocenters. The molecule has 3 N–H and O–H groups in total. The average molecular weight is 177 g/mol. The molecule has 0 aromatic heterocycles. The number of aliphatic carboxylic acids is 1. The van der Waals surface area contributed by atoms with Crippen molar-refractivity contribution in [3.05, 3.63) is 0 Å². The van der Waals surface area contributed by atoms with Crippen molar-refractivity contribution in [3.63, 3.8) is 0 Å². The van der Waals surface area contributed by atoms with Gasteiger partial charge in [0.05, 0.1) is 12.0 Å². The van der Waals surface area contributed by atoms with Gasteiger partial charge in [0.1, 0.15) is 6.04 Å². The summed E-state index contributed by atoms with van der Waals surface area (Å²) >= 11 is 1.56. The Hall–Kier alpha value is -0.260. The third-order valence-corrected chi connectivity index (χ3v) is 2.74. The molecular weight excluding hydrogens is 166 g/mol. The standard InChI is InChI=1S/C6H11NO3S/c8-3-5-7-4(6(9)10)1-2-11-5/h4-5,7-8H,1-3H2,(H,9,10). The number of rotatable bonds is 2. The highest BCUT2D eigenvalue weighted by Gasteiger charge is 2.25. The fourth-order valence-electron chi connectivity index (χ4n) is 0.984. The van der Waals surface area contributed by atoms with Crippen LogP contribution in [0, 0.1) is 0 Å². The third kappa shape index (κ3) is 2.36. The Morgan fingerprint density at radius 2 is 2.45 bits per heavy atom. The SMILES string of the molecule is O=C(O)C1CCSC(CO)N1. The van der Waals surface area contributed by atoms with E-state index in [0.29, 0.717) is 6.42 Å². The van der Waals surface area contributed by atoms with Gasteiger partial charge in [0, 0.05) is 0 Å². The highest BCUT2D eigenvalue weighted by Crippen LogP contribution is 2.17. The quantitative estimate of drug-likeness (QED) is 0.529. The van der Waals surface area contributed by atoms with E-state index in [2.05, 4.69) is 5.32 Å². The molecule has 1 fully saturated rings. The number of carbonyl (C=O) groups is 1. The maximum absolute atomic E-state index is 10.5. The van der Waals surface area contributed by atoms with Gasteiger partial charge in [-0.25, -0.2) is 0 Å². The van der Waals surface area contributed by atoms with E-state index in [9.17, 15) is 4.79 Å². The zero-order chi connectivity index (χ0) is 8.27. The summed E-state index contributed by atoms with van der Waals surface area (Å²) in [5.41, 5.74) is 0. The summed E-state index contributed by atoms with van der Waals surface area (Å²) < 4.78 is 0. The fraction of sp³-hybridized carbons (Fsp3) is 0.833. The summed E-state index contributed by atoms with van der Waals surface area (Å²) in [7, 11) is 0. The Morgan fingerprint density at radius 1 is 1.73 bits per heavy atom. The molecule has 0 spiro atoms. The van der Waals surface area contributed by atoms with E-state index in [1.807, 2.05) is 0 Å². The Bertz CT molecular complexity index is 153. The molecule has 64 valence electrons. The molecule has 0 aliphatic carbocycles. The average Bonchev–Trinajstić information content (AvgIpc) is 2.05. The van der Waals surface area contributed by atoms with Crippen molar-refractivity contribution in [2.45, 2.75) is 17.8 Å². The molecule has 1 saturated heterocycles. The van der Waals surface area contributed by atoms with Crippen LogP contribution in [0.15, 0.2) is 0 Å². The van der Waals surface area contributed by atoms with Gasteiger partial charge in [0.2, 0.25) is 0 Å². The van der Waals surface area contributed by atoms with Gasteiger partial charge in [-0.05, 0) is 12.2 Å². The van der Waals surface area contributed by atoms with Crippen LogP contribution in [-0.4, -0.2) is 40.0 Å². The van der Waals surface area contributed by atoms with Gasteiger partial charge in [-0.1, -0.05) is 0 Å². The first-order valence-electron chi connectivity index (χ1n) is 3.45. The van der Waals surface area contributed by atoms with Crippen molar-refractivity contribution in [1.82, 2.24) is 5.32 Å². The fourth-order valence-corrected chi connectivity index (χ4v) is 2.01. The highest BCUT2D eigenvalue weighted by molar-refractivity contribution is 7.99. The summed E-state index contributed by atoms with van der Waals surface area (Å²) in [6, 6.07) is -0.478. The molecule has 2 atom stereocenters. The molecular formula is C6H11NO3S. The molecule has 1 rings (SSSR count). The van der Waals surface area contributed by atoms with E-state index in [1.165, 1.54) is 0 Å². The lowest BCUT2D eigenvalue weighted by Crippen LogP contribution is -2.47. The topological polar surface area (TPSA) is 69.6 Å². The van der Waals surface area contributed by atoms with Crippen molar-refractivity contribution >= 4 is 17.7 Å². The van der Waals surface area contributed by atoms with Gasteiger partial charge in [-0.15, -0.1) is 11.8 Å². The van der Waals surface area contributed by atoms with Crippen molar-refractivity contribution in [1.29, 1.82) is 0 Å². The maximum Gasteiger partial charge on any atom is 0.320 e. The number of aliphatic hydroxyl groups is 1. The van der Waals surface area contributed by atoms with Crippen LogP contribution in [0.4, 0.5) is 0 Å². The molecule has 0 aromatic carbocycles. The molecule has 5 heteroatoms. The van der Waals surface area contributed by atoms with Gasteiger partial charge < -0.3 is 10.2 Å². The number of thioether (sulfide) groups is 1. The lowest BCUT2D eigenvalue weighted by Gasteiger charge is -2.26. The van der Waals surface area contributed by atoms with Crippen LogP contribution in [0.5, 0.6) is 0 Å². The molecule has 0 aromatic rings. The molecule has 1 aliphatic heterocycles. The molecule has 0 radical (unpaired) electrons. The summed E-state index contributed by atoms with van der Waals surface area (Å²) in [6.07, 6.45) is 0.635. The molecule has 0 amide bonds. The van der Waals surface area contributed by atoms with E-state index in [1.54, 1.807) is 11.8 Å². The number of hydrogen-bond acceptors (Lipinski definition) is 4. The van der Waals surface area contributed by atoms with Gasteiger partial charge in [-0.2, -0.15) is 0 Å². The summed E-state index contributed by atoms with van der Waals surface area (Å²) in [5, 5.41) is 20.0. The van der Waals surface area contributed by atoms with Crippen LogP contribution >= 0.6 is 11.8 Å². The second-order valence-electron chi connectivity index (χ2n) is 2.39. The Kier molecular flexibility index (Phi) is 3.16. The lowest BCUT2D eigenvalue weighted by molar-refractivity contribution is -0.139. The number of hydrogen-bond donors (Lipinski definition) is 3. The minimum absolute atomic E-state index is 0.00551. The van der Waals surface area contributed by atoms with Crippen molar-refractivity contribution in [3.8, 4) is 0 Å². The minimum Gasteiger partial charge on any atom is -0.480 e. The lowest BCUT2D eigenvalue weighted by atomic mass is 10.2. The Balaban J connectivity index is 2.39. The summed E-state index contributed by atoms with van der Waals surface area (Å²) in [6.45, 7) is -0.00551. The van der Waals surface area contributed by atoms with Crippen molar-refractivity contribution in [2.24, 2.45) is 0 Å². The molecule has 0 bridgehead atoms. The first-order valence-corrected chi connectivity index (χ1v) is 4.50. The maximum atomic E-state index is 10.5. The highest BCUT2D eigenvalue weighted by atomic mass is 32.2. The Labute approximate surface area is 69.0 Å². The number of carboxylic acid groups (broad SMARTS) is 1. The zero-order valence-electron chi connectivity index (χ0n) is 5.99. The minimum atomic E-state index is -0.830. The monoisotopic (exact) mass is 177 g/mol. The number of carboxylic acids is 1. The van der Waals surface area contributed by atoms with Crippen LogP contribution in [0.2, 0.25) is 0 Å². The predicted molar refractivity (Wildman–Crippen MR) is 42.5 cm³/mol. The first-order chi connectivity index (χ1) is 5.24. The molecule has 1 aliphatic rings. The van der Waals surface area contributed by atoms with E-state index in [4.69, 9.17) is 10.2 Å². The third-order valence-electron chi connectivity index (χ3n) is 1.58. The van der Waals surface area contributed by atoms with Gasteiger partial charge >= 0.3 is 5.97 Å². The molecule has 0 saturated carbocycles. The number of nitrogens with one attached hydrogen (secondary N) is 1. The van der Waals surface area contributed by atoms with E-state index in [-0.39, 0.29) is 12.0 Å². The molecule has 1 heterocycles. The second kappa shape index (κ2) is 3.94. The summed E-state index contributed by atoms with van der Waals surface area (Å²) in [5.74, 6) is -0.0291. The Morgan fingerprint density at radius 3 is 3.00 bits per heavy atom. The van der Waals surface area contributed by atoms with E-state index < -0.39 is 12.0 Å². The van der Waals surface area contributed by atoms with Gasteiger partial charge in [0.25, 0.3) is 0 Å². The van der Waals surface area contributed by atoms with E-state index >= 15 is 0 Å². The van der Waals surface area contributed by atoms with Crippen LogP contribution in [0.1, 0.15) is 6.42 Å². The second-order valence-corrected chi connectivity index (χ2v) is 3.70. The summed E-state index contributed by atoms with van der Waals surface area (Å²) in [4.78, 5) is 10.5.